The SMILES string of the molecule is COc1ccc(-c2cnc(N)nc2-c2cccs2)nn1. The predicted octanol–water partition coefficient (Wildman–Crippen LogP) is 2.25. The van der Waals surface area contributed by atoms with Crippen LogP contribution in [0.2, 0.25) is 0 Å². The minimum absolute atomic E-state index is 0.235. The summed E-state index contributed by atoms with van der Waals surface area (Å²) in [5, 5.41) is 10.1. The molecule has 0 fully saturated rings. The monoisotopic (exact) mass is 285 g/mol. The highest BCUT2D eigenvalue weighted by atomic mass is 32.1. The molecule has 0 radical (unpaired) electrons. The number of nitrogens with zero attached hydrogens (tertiary/aromatic N) is 4. The molecule has 0 spiro atoms. The van der Waals surface area contributed by atoms with Crippen LogP contribution in [0.3, 0.4) is 0 Å². The Kier molecular flexibility index (Phi) is 3.26. The van der Waals surface area contributed by atoms with E-state index in [1.54, 1.807) is 30.7 Å². The third-order valence-corrected chi connectivity index (χ3v) is 3.56. The number of rotatable bonds is 3. The van der Waals surface area contributed by atoms with Crippen molar-refractivity contribution in [3.63, 3.8) is 0 Å². The van der Waals surface area contributed by atoms with Gasteiger partial charge in [0.25, 0.3) is 0 Å². The second-order valence-electron chi connectivity index (χ2n) is 3.93. The molecule has 0 saturated carbocycles. The third-order valence-electron chi connectivity index (χ3n) is 2.69. The van der Waals surface area contributed by atoms with Gasteiger partial charge in [0.1, 0.15) is 0 Å². The Morgan fingerprint density at radius 3 is 2.75 bits per heavy atom. The highest BCUT2D eigenvalue weighted by Gasteiger charge is 2.13. The van der Waals surface area contributed by atoms with Crippen molar-refractivity contribution in [2.75, 3.05) is 12.8 Å². The van der Waals surface area contributed by atoms with Crippen LogP contribution in [0.25, 0.3) is 21.8 Å². The molecule has 2 N–H and O–H groups in total. The van der Waals surface area contributed by atoms with E-state index < -0.39 is 0 Å². The molecule has 20 heavy (non-hydrogen) atoms. The molecule has 0 unspecified atom stereocenters. The van der Waals surface area contributed by atoms with Crippen LogP contribution in [0.4, 0.5) is 5.95 Å². The first-order chi connectivity index (χ1) is 9.78. The molecule has 3 aromatic rings. The summed E-state index contributed by atoms with van der Waals surface area (Å²) in [6, 6.07) is 7.50. The summed E-state index contributed by atoms with van der Waals surface area (Å²) in [5.74, 6) is 0.696. The van der Waals surface area contributed by atoms with Gasteiger partial charge < -0.3 is 10.5 Å². The molecule has 0 atom stereocenters. The number of ether oxygens (including phenoxy) is 1. The molecular weight excluding hydrogens is 274 g/mol. The first kappa shape index (κ1) is 12.5. The average molecular weight is 285 g/mol. The van der Waals surface area contributed by atoms with E-state index in [2.05, 4.69) is 20.2 Å². The van der Waals surface area contributed by atoms with E-state index in [-0.39, 0.29) is 5.95 Å². The fourth-order valence-corrected chi connectivity index (χ4v) is 2.48. The number of nitrogen functional groups attached to an aromatic ring is 1. The van der Waals surface area contributed by atoms with Gasteiger partial charge >= 0.3 is 0 Å². The van der Waals surface area contributed by atoms with Crippen molar-refractivity contribution < 1.29 is 4.74 Å². The maximum Gasteiger partial charge on any atom is 0.233 e. The average Bonchev–Trinajstić information content (AvgIpc) is 3.01. The van der Waals surface area contributed by atoms with Crippen LogP contribution in [0.1, 0.15) is 0 Å². The number of thiophene rings is 1. The van der Waals surface area contributed by atoms with Crippen LogP contribution in [-0.4, -0.2) is 27.3 Å². The summed E-state index contributed by atoms with van der Waals surface area (Å²) < 4.78 is 5.00. The predicted molar refractivity (Wildman–Crippen MR) is 77.3 cm³/mol. The highest BCUT2D eigenvalue weighted by Crippen LogP contribution is 2.32. The zero-order valence-corrected chi connectivity index (χ0v) is 11.5. The molecular formula is C13H11N5OS. The lowest BCUT2D eigenvalue weighted by molar-refractivity contribution is 0.392. The molecule has 0 saturated heterocycles. The maximum absolute atomic E-state index is 5.68. The van der Waals surface area contributed by atoms with Crippen molar-refractivity contribution in [2.45, 2.75) is 0 Å². The molecule has 0 aromatic carbocycles. The van der Waals surface area contributed by atoms with Gasteiger partial charge in [0.15, 0.2) is 0 Å². The van der Waals surface area contributed by atoms with Gasteiger partial charge in [0, 0.05) is 17.8 Å². The lowest BCUT2D eigenvalue weighted by atomic mass is 10.1. The summed E-state index contributed by atoms with van der Waals surface area (Å²) >= 11 is 1.58. The van der Waals surface area contributed by atoms with Crippen molar-refractivity contribution in [3.8, 4) is 27.7 Å². The molecule has 3 aromatic heterocycles. The van der Waals surface area contributed by atoms with Crippen molar-refractivity contribution in [2.24, 2.45) is 0 Å². The van der Waals surface area contributed by atoms with Crippen molar-refractivity contribution in [1.82, 2.24) is 20.2 Å². The summed E-state index contributed by atoms with van der Waals surface area (Å²) in [6.45, 7) is 0. The van der Waals surface area contributed by atoms with Gasteiger partial charge in [-0.3, -0.25) is 0 Å². The van der Waals surface area contributed by atoms with E-state index in [1.165, 1.54) is 0 Å². The Morgan fingerprint density at radius 2 is 2.10 bits per heavy atom. The van der Waals surface area contributed by atoms with E-state index >= 15 is 0 Å². The Balaban J connectivity index is 2.13. The molecule has 0 aliphatic carbocycles. The first-order valence-corrected chi connectivity index (χ1v) is 6.70. The molecule has 6 nitrogen and oxygen atoms in total. The molecule has 0 aliphatic heterocycles. The van der Waals surface area contributed by atoms with Crippen LogP contribution in [0, 0.1) is 0 Å². The third kappa shape index (κ3) is 2.30. The van der Waals surface area contributed by atoms with E-state index in [1.807, 2.05) is 23.6 Å². The van der Waals surface area contributed by atoms with Gasteiger partial charge in [-0.05, 0) is 17.5 Å². The zero-order chi connectivity index (χ0) is 13.9. The summed E-state index contributed by atoms with van der Waals surface area (Å²) in [4.78, 5) is 9.36. The minimum Gasteiger partial charge on any atom is -0.480 e. The lowest BCUT2D eigenvalue weighted by Crippen LogP contribution is -1.99. The van der Waals surface area contributed by atoms with Gasteiger partial charge in [-0.1, -0.05) is 6.07 Å². The number of hydrogen-bond acceptors (Lipinski definition) is 7. The van der Waals surface area contributed by atoms with Crippen LogP contribution < -0.4 is 10.5 Å². The topological polar surface area (TPSA) is 86.8 Å². The summed E-state index contributed by atoms with van der Waals surface area (Å²) in [6.07, 6.45) is 1.66. The van der Waals surface area contributed by atoms with E-state index in [0.29, 0.717) is 11.6 Å². The fraction of sp³-hybridized carbons (Fsp3) is 0.0769. The maximum atomic E-state index is 5.68. The molecule has 3 rings (SSSR count). The van der Waals surface area contributed by atoms with Crippen molar-refractivity contribution in [1.29, 1.82) is 0 Å². The fourth-order valence-electron chi connectivity index (χ4n) is 1.76. The molecule has 100 valence electrons. The lowest BCUT2D eigenvalue weighted by Gasteiger charge is -2.06. The van der Waals surface area contributed by atoms with E-state index in [0.717, 1.165) is 16.1 Å². The van der Waals surface area contributed by atoms with Gasteiger partial charge in [-0.25, -0.2) is 9.97 Å². The Morgan fingerprint density at radius 1 is 1.20 bits per heavy atom. The number of hydrogen-bond donors (Lipinski definition) is 1. The van der Waals surface area contributed by atoms with Crippen LogP contribution in [0.5, 0.6) is 5.88 Å². The van der Waals surface area contributed by atoms with Crippen molar-refractivity contribution >= 4 is 17.3 Å². The minimum atomic E-state index is 0.235. The normalized spacial score (nSPS) is 10.4. The largest absolute Gasteiger partial charge is 0.480 e. The molecule has 0 bridgehead atoms. The number of aromatic nitrogens is 4. The van der Waals surface area contributed by atoms with Gasteiger partial charge in [0.2, 0.25) is 11.8 Å². The van der Waals surface area contributed by atoms with Crippen LogP contribution in [-0.2, 0) is 0 Å². The first-order valence-electron chi connectivity index (χ1n) is 5.82. The number of methoxy groups -OCH3 is 1. The zero-order valence-electron chi connectivity index (χ0n) is 10.6. The molecule has 0 aliphatic rings. The summed E-state index contributed by atoms with van der Waals surface area (Å²) in [5.41, 5.74) is 7.90. The smallest absolute Gasteiger partial charge is 0.233 e. The van der Waals surface area contributed by atoms with E-state index in [9.17, 15) is 0 Å². The Bertz CT molecular complexity index is 712. The van der Waals surface area contributed by atoms with Gasteiger partial charge in [-0.15, -0.1) is 21.5 Å². The van der Waals surface area contributed by atoms with Crippen LogP contribution >= 0.6 is 11.3 Å². The quantitative estimate of drug-likeness (QED) is 0.794. The Labute approximate surface area is 119 Å². The number of anilines is 1. The highest BCUT2D eigenvalue weighted by molar-refractivity contribution is 7.13. The van der Waals surface area contributed by atoms with Gasteiger partial charge in [-0.2, -0.15) is 0 Å². The second kappa shape index (κ2) is 5.22. The van der Waals surface area contributed by atoms with Gasteiger partial charge in [0.05, 0.1) is 23.4 Å². The molecule has 3 heterocycles. The Hall–Kier alpha value is -2.54. The van der Waals surface area contributed by atoms with Crippen molar-refractivity contribution in [3.05, 3.63) is 35.8 Å². The second-order valence-corrected chi connectivity index (χ2v) is 4.88. The molecule has 7 heteroatoms. The standard InChI is InChI=1S/C13H11N5OS/c1-19-11-5-4-9(17-18-11)8-7-15-13(14)16-12(8)10-3-2-6-20-10/h2-7H,1H3,(H2,14,15,16). The van der Waals surface area contributed by atoms with E-state index in [4.69, 9.17) is 10.5 Å². The van der Waals surface area contributed by atoms with Crippen LogP contribution in [0.15, 0.2) is 35.8 Å². The molecule has 0 amide bonds. The number of nitrogens with two attached hydrogens (primary N) is 1. The summed E-state index contributed by atoms with van der Waals surface area (Å²) in [7, 11) is 1.55.